The van der Waals surface area contributed by atoms with Gasteiger partial charge in [-0.05, 0) is 31.2 Å². The lowest BCUT2D eigenvalue weighted by Crippen LogP contribution is -2.20. The van der Waals surface area contributed by atoms with Crippen molar-refractivity contribution >= 4 is 55.1 Å². The molecule has 0 spiro atoms. The van der Waals surface area contributed by atoms with Gasteiger partial charge in [0.05, 0.1) is 10.6 Å². The molecule has 2 heterocycles. The third-order valence-electron chi connectivity index (χ3n) is 3.28. The minimum atomic E-state index is -0.734. The van der Waals surface area contributed by atoms with Crippen molar-refractivity contribution in [2.75, 3.05) is 5.32 Å². The van der Waals surface area contributed by atoms with Crippen molar-refractivity contribution in [1.82, 2.24) is 4.98 Å². The number of halogens is 1. The summed E-state index contributed by atoms with van der Waals surface area (Å²) in [7, 11) is 0. The fourth-order valence-electron chi connectivity index (χ4n) is 2.19. The third-order valence-corrected chi connectivity index (χ3v) is 4.94. The molecule has 24 heavy (non-hydrogen) atoms. The number of carbonyl (C=O) groups is 2. The van der Waals surface area contributed by atoms with Crippen LogP contribution in [0.15, 0.2) is 37.9 Å². The first-order valence-corrected chi connectivity index (χ1v) is 8.49. The number of aromatic nitrogens is 1. The van der Waals surface area contributed by atoms with Crippen LogP contribution in [-0.2, 0) is 0 Å². The molecule has 3 aromatic rings. The summed E-state index contributed by atoms with van der Waals surface area (Å²) >= 11 is 4.40. The van der Waals surface area contributed by atoms with E-state index in [2.05, 4.69) is 26.2 Å². The lowest BCUT2D eigenvalue weighted by Gasteiger charge is -2.02. The van der Waals surface area contributed by atoms with Crippen LogP contribution in [0.3, 0.4) is 0 Å². The molecule has 0 atom stereocenters. The van der Waals surface area contributed by atoms with Crippen LogP contribution >= 0.6 is 27.3 Å². The van der Waals surface area contributed by atoms with Crippen molar-refractivity contribution in [3.8, 4) is 0 Å². The number of anilines is 1. The molecule has 8 heteroatoms. The van der Waals surface area contributed by atoms with E-state index in [1.807, 2.05) is 0 Å². The van der Waals surface area contributed by atoms with Crippen LogP contribution in [0.25, 0.3) is 11.0 Å². The maximum Gasteiger partial charge on any atom is 0.349 e. The summed E-state index contributed by atoms with van der Waals surface area (Å²) < 4.78 is 5.97. The first kappa shape index (κ1) is 16.5. The predicted octanol–water partition coefficient (Wildman–Crippen LogP) is 3.78. The number of aryl methyl sites for hydroxylation is 1. The summed E-state index contributed by atoms with van der Waals surface area (Å²) in [5.41, 5.74) is 0.0706. The quantitative estimate of drug-likeness (QED) is 0.527. The molecular formula is C16H11BrN2O4S. The molecule has 0 radical (unpaired) electrons. The number of Topliss-reactive ketones (excluding diaryl/α,β-unsaturated/α-hetero) is 1. The van der Waals surface area contributed by atoms with Crippen molar-refractivity contribution < 1.29 is 14.0 Å². The molecule has 3 rings (SSSR count). The molecule has 0 aliphatic rings. The Hall–Kier alpha value is -2.32. The highest BCUT2D eigenvalue weighted by Gasteiger charge is 2.18. The maximum atomic E-state index is 12.4. The Bertz CT molecular complexity index is 1040. The lowest BCUT2D eigenvalue weighted by atomic mass is 10.2. The zero-order valence-electron chi connectivity index (χ0n) is 12.7. The molecule has 6 nitrogen and oxygen atoms in total. The number of hydrogen-bond donors (Lipinski definition) is 1. The van der Waals surface area contributed by atoms with Gasteiger partial charge < -0.3 is 4.42 Å². The number of carbonyl (C=O) groups excluding carboxylic acids is 2. The Balaban J connectivity index is 1.96. The molecule has 0 saturated heterocycles. The highest BCUT2D eigenvalue weighted by Crippen LogP contribution is 2.24. The normalized spacial score (nSPS) is 10.8. The highest BCUT2D eigenvalue weighted by atomic mass is 79.9. The Morgan fingerprint density at radius 3 is 2.71 bits per heavy atom. The number of ketones is 1. The summed E-state index contributed by atoms with van der Waals surface area (Å²) in [5, 5.41) is 3.42. The molecular weight excluding hydrogens is 396 g/mol. The Labute approximate surface area is 148 Å². The van der Waals surface area contributed by atoms with E-state index in [9.17, 15) is 14.4 Å². The zero-order valence-corrected chi connectivity index (χ0v) is 15.1. The second kappa shape index (κ2) is 6.29. The number of benzene rings is 1. The van der Waals surface area contributed by atoms with E-state index >= 15 is 0 Å². The molecule has 0 aliphatic carbocycles. The molecule has 0 aliphatic heterocycles. The SMILES string of the molecule is CC(=O)c1sc(NC(=O)c2cc3cc(Br)ccc3oc2=O)nc1C. The summed E-state index contributed by atoms with van der Waals surface area (Å²) in [4.78, 5) is 40.4. The third kappa shape index (κ3) is 3.15. The average Bonchev–Trinajstić information content (AvgIpc) is 2.87. The molecule has 2 aromatic heterocycles. The van der Waals surface area contributed by atoms with E-state index < -0.39 is 11.5 Å². The summed E-state index contributed by atoms with van der Waals surface area (Å²) in [5.74, 6) is -0.755. The monoisotopic (exact) mass is 406 g/mol. The average molecular weight is 407 g/mol. The number of hydrogen-bond acceptors (Lipinski definition) is 6. The van der Waals surface area contributed by atoms with E-state index in [0.29, 0.717) is 21.5 Å². The fraction of sp³-hybridized carbons (Fsp3) is 0.125. The maximum absolute atomic E-state index is 12.4. The molecule has 0 fully saturated rings. The second-order valence-corrected chi connectivity index (χ2v) is 6.99. The van der Waals surface area contributed by atoms with E-state index in [-0.39, 0.29) is 16.5 Å². The van der Waals surface area contributed by atoms with Crippen LogP contribution in [0.4, 0.5) is 5.13 Å². The van der Waals surface area contributed by atoms with Gasteiger partial charge in [0.1, 0.15) is 11.1 Å². The molecule has 0 bridgehead atoms. The standard InChI is InChI=1S/C16H11BrN2O4S/c1-7-13(8(2)20)24-16(18-7)19-14(21)11-6-9-5-10(17)3-4-12(9)23-15(11)22/h3-6H,1-2H3,(H,18,19,21). The van der Waals surface area contributed by atoms with Gasteiger partial charge >= 0.3 is 5.63 Å². The number of nitrogens with zero attached hydrogens (tertiary/aromatic N) is 1. The minimum absolute atomic E-state index is 0.124. The van der Waals surface area contributed by atoms with Gasteiger partial charge in [0.25, 0.3) is 5.91 Å². The van der Waals surface area contributed by atoms with Gasteiger partial charge in [-0.3, -0.25) is 14.9 Å². The van der Waals surface area contributed by atoms with Gasteiger partial charge in [-0.25, -0.2) is 9.78 Å². The highest BCUT2D eigenvalue weighted by molar-refractivity contribution is 9.10. The first-order valence-electron chi connectivity index (χ1n) is 6.88. The first-order chi connectivity index (χ1) is 11.3. The Kier molecular flexibility index (Phi) is 4.33. The summed E-state index contributed by atoms with van der Waals surface area (Å²) in [6.45, 7) is 3.12. The smallest absolute Gasteiger partial charge is 0.349 e. The molecule has 0 saturated carbocycles. The number of thiazole rings is 1. The number of amides is 1. The van der Waals surface area contributed by atoms with E-state index in [4.69, 9.17) is 4.42 Å². The van der Waals surface area contributed by atoms with Gasteiger partial charge in [0, 0.05) is 16.8 Å². The minimum Gasteiger partial charge on any atom is -0.422 e. The molecule has 122 valence electrons. The summed E-state index contributed by atoms with van der Waals surface area (Å²) in [6, 6.07) is 6.60. The van der Waals surface area contributed by atoms with Gasteiger partial charge in [-0.1, -0.05) is 27.3 Å². The molecule has 1 aromatic carbocycles. The van der Waals surface area contributed by atoms with Gasteiger partial charge in [0.2, 0.25) is 0 Å². The van der Waals surface area contributed by atoms with Crippen molar-refractivity contribution in [2.24, 2.45) is 0 Å². The Morgan fingerprint density at radius 1 is 1.29 bits per heavy atom. The van der Waals surface area contributed by atoms with Crippen LogP contribution in [0.1, 0.15) is 32.6 Å². The van der Waals surface area contributed by atoms with Crippen LogP contribution in [0, 0.1) is 6.92 Å². The van der Waals surface area contributed by atoms with Crippen molar-refractivity contribution in [2.45, 2.75) is 13.8 Å². The van der Waals surface area contributed by atoms with Gasteiger partial charge in [-0.15, -0.1) is 0 Å². The lowest BCUT2D eigenvalue weighted by molar-refractivity contribution is 0.101. The van der Waals surface area contributed by atoms with Crippen LogP contribution in [0.5, 0.6) is 0 Å². The topological polar surface area (TPSA) is 89.3 Å². The van der Waals surface area contributed by atoms with Crippen LogP contribution < -0.4 is 10.9 Å². The van der Waals surface area contributed by atoms with E-state index in [1.54, 1.807) is 25.1 Å². The molecule has 0 unspecified atom stereocenters. The van der Waals surface area contributed by atoms with Crippen LogP contribution in [-0.4, -0.2) is 16.7 Å². The Morgan fingerprint density at radius 2 is 2.04 bits per heavy atom. The zero-order chi connectivity index (χ0) is 17.4. The summed E-state index contributed by atoms with van der Waals surface area (Å²) in [6.07, 6.45) is 0. The fourth-order valence-corrected chi connectivity index (χ4v) is 3.43. The second-order valence-electron chi connectivity index (χ2n) is 5.07. The van der Waals surface area contributed by atoms with Gasteiger partial charge in [-0.2, -0.15) is 0 Å². The number of fused-ring (bicyclic) bond motifs is 1. The number of rotatable bonds is 3. The van der Waals surface area contributed by atoms with Crippen molar-refractivity contribution in [1.29, 1.82) is 0 Å². The van der Waals surface area contributed by atoms with Crippen molar-refractivity contribution in [3.05, 3.63) is 55.3 Å². The molecule has 1 amide bonds. The number of nitrogens with one attached hydrogen (secondary N) is 1. The van der Waals surface area contributed by atoms with Crippen molar-refractivity contribution in [3.63, 3.8) is 0 Å². The van der Waals surface area contributed by atoms with Gasteiger partial charge in [0.15, 0.2) is 10.9 Å². The predicted molar refractivity (Wildman–Crippen MR) is 95.0 cm³/mol. The van der Waals surface area contributed by atoms with Crippen LogP contribution in [0.2, 0.25) is 0 Å². The van der Waals surface area contributed by atoms with E-state index in [1.165, 1.54) is 13.0 Å². The van der Waals surface area contributed by atoms with E-state index in [0.717, 1.165) is 15.8 Å². The largest absolute Gasteiger partial charge is 0.422 e. The molecule has 1 N–H and O–H groups in total.